The van der Waals surface area contributed by atoms with Gasteiger partial charge in [0, 0.05) is 12.8 Å². The van der Waals surface area contributed by atoms with Crippen molar-refractivity contribution in [2.75, 3.05) is 13.2 Å². The summed E-state index contributed by atoms with van der Waals surface area (Å²) in [7, 11) is 0. The van der Waals surface area contributed by atoms with Gasteiger partial charge in [0.1, 0.15) is 0 Å². The second-order valence-electron chi connectivity index (χ2n) is 23.5. The highest BCUT2D eigenvalue weighted by molar-refractivity contribution is 5.76. The van der Waals surface area contributed by atoms with E-state index < -0.39 is 12.1 Å². The van der Waals surface area contributed by atoms with Crippen LogP contribution in [0.1, 0.15) is 386 Å². The second kappa shape index (κ2) is 64.1. The fourth-order valence-corrected chi connectivity index (χ4v) is 10.9. The highest BCUT2D eigenvalue weighted by Crippen LogP contribution is 2.19. The van der Waals surface area contributed by atoms with Gasteiger partial charge in [0.05, 0.1) is 25.4 Å². The summed E-state index contributed by atoms with van der Waals surface area (Å²) in [6, 6.07) is -0.541. The van der Waals surface area contributed by atoms with Crippen molar-refractivity contribution < 1.29 is 24.5 Å². The average molecular weight is 1040 g/mol. The molecule has 0 bridgehead atoms. The van der Waals surface area contributed by atoms with Crippen LogP contribution in [0.5, 0.6) is 0 Å². The number of carbonyl (C=O) groups is 2. The third-order valence-corrected chi connectivity index (χ3v) is 16.1. The van der Waals surface area contributed by atoms with Crippen LogP contribution < -0.4 is 5.32 Å². The molecule has 0 spiro atoms. The molecule has 0 fully saturated rings. The van der Waals surface area contributed by atoms with E-state index in [1.807, 2.05) is 0 Å². The van der Waals surface area contributed by atoms with E-state index in [9.17, 15) is 19.8 Å². The zero-order valence-corrected chi connectivity index (χ0v) is 50.4. The van der Waals surface area contributed by atoms with Crippen LogP contribution in [0.3, 0.4) is 0 Å². The second-order valence-corrected chi connectivity index (χ2v) is 23.5. The van der Waals surface area contributed by atoms with Crippen LogP contribution in [0, 0.1) is 0 Å². The Hall–Kier alpha value is -1.40. The number of aliphatic hydroxyl groups excluding tert-OH is 2. The Morgan fingerprint density at radius 2 is 0.635 bits per heavy atom. The SMILES string of the molecule is CCCCCCCCC/C=C\CCCCCCCC(=O)OCCCCCCCCCCCCCCCCCCCCCCCCCC(=O)NC(CO)C(O)CCCCCCCCCCCCCCCCCCCC. The summed E-state index contributed by atoms with van der Waals surface area (Å²) in [4.78, 5) is 24.6. The molecule has 2 unspecified atom stereocenters. The highest BCUT2D eigenvalue weighted by Gasteiger charge is 2.20. The first-order valence-electron chi connectivity index (χ1n) is 33.9. The minimum absolute atomic E-state index is 0.00811. The van der Waals surface area contributed by atoms with Crippen LogP contribution in [0.15, 0.2) is 12.2 Å². The maximum Gasteiger partial charge on any atom is 0.305 e. The quantitative estimate of drug-likeness (QED) is 0.0320. The van der Waals surface area contributed by atoms with Gasteiger partial charge in [0.25, 0.3) is 0 Å². The number of unbranched alkanes of at least 4 members (excludes halogenated alkanes) is 51. The number of amides is 1. The molecule has 3 N–H and O–H groups in total. The Labute approximate surface area is 463 Å². The number of ether oxygens (including phenoxy) is 1. The van der Waals surface area contributed by atoms with Crippen molar-refractivity contribution in [2.45, 2.75) is 398 Å². The van der Waals surface area contributed by atoms with Crippen molar-refractivity contribution in [2.24, 2.45) is 0 Å². The first kappa shape index (κ1) is 72.6. The molecule has 0 aliphatic rings. The summed E-state index contributed by atoms with van der Waals surface area (Å²) in [6.45, 7) is 4.98. The van der Waals surface area contributed by atoms with Crippen molar-refractivity contribution in [3.05, 3.63) is 12.2 Å². The number of nitrogens with one attached hydrogen (secondary N) is 1. The van der Waals surface area contributed by atoms with Crippen molar-refractivity contribution in [3.8, 4) is 0 Å². The van der Waals surface area contributed by atoms with Crippen molar-refractivity contribution >= 4 is 11.9 Å². The summed E-state index contributed by atoms with van der Waals surface area (Å²) in [6.07, 6.45) is 78.1. The Bertz CT molecular complexity index is 1110. The zero-order chi connectivity index (χ0) is 53.6. The van der Waals surface area contributed by atoms with Gasteiger partial charge in [0.15, 0.2) is 0 Å². The van der Waals surface area contributed by atoms with Gasteiger partial charge in [-0.05, 0) is 51.4 Å². The molecular formula is C68H133NO5. The lowest BCUT2D eigenvalue weighted by molar-refractivity contribution is -0.143. The van der Waals surface area contributed by atoms with Crippen molar-refractivity contribution in [3.63, 3.8) is 0 Å². The molecule has 0 heterocycles. The molecule has 0 saturated heterocycles. The van der Waals surface area contributed by atoms with E-state index in [0.717, 1.165) is 44.9 Å². The van der Waals surface area contributed by atoms with Gasteiger partial charge in [-0.1, -0.05) is 334 Å². The van der Waals surface area contributed by atoms with Crippen LogP contribution in [0.25, 0.3) is 0 Å². The first-order chi connectivity index (χ1) is 36.5. The molecule has 0 aliphatic heterocycles. The summed E-state index contributed by atoms with van der Waals surface area (Å²) in [5.41, 5.74) is 0. The fraction of sp³-hybridized carbons (Fsp3) is 0.941. The maximum atomic E-state index is 12.5. The van der Waals surface area contributed by atoms with Gasteiger partial charge in [-0.2, -0.15) is 0 Å². The van der Waals surface area contributed by atoms with E-state index >= 15 is 0 Å². The highest BCUT2D eigenvalue weighted by atomic mass is 16.5. The fourth-order valence-electron chi connectivity index (χ4n) is 10.9. The number of hydrogen-bond donors (Lipinski definition) is 3. The van der Waals surface area contributed by atoms with Crippen molar-refractivity contribution in [1.29, 1.82) is 0 Å². The average Bonchev–Trinajstić information content (AvgIpc) is 3.40. The van der Waals surface area contributed by atoms with E-state index in [2.05, 4.69) is 31.3 Å². The third kappa shape index (κ3) is 59.8. The number of allylic oxidation sites excluding steroid dienone is 2. The molecule has 440 valence electrons. The molecule has 74 heavy (non-hydrogen) atoms. The lowest BCUT2D eigenvalue weighted by Gasteiger charge is -2.22. The number of rotatable bonds is 64. The molecular weight excluding hydrogens is 911 g/mol. The summed E-state index contributed by atoms with van der Waals surface area (Å²) in [5, 5.41) is 23.4. The lowest BCUT2D eigenvalue weighted by atomic mass is 10.0. The molecule has 0 radical (unpaired) electrons. The molecule has 0 aromatic carbocycles. The van der Waals surface area contributed by atoms with E-state index in [1.54, 1.807) is 0 Å². The standard InChI is InChI=1S/C68H133NO5/c1-3-5-7-9-11-13-15-17-19-21-29-32-36-40-44-48-52-56-60-66(71)65(64-70)69-67(72)61-57-53-49-45-41-37-33-30-27-25-23-22-24-26-28-31-35-39-43-47-51-55-59-63-74-68(73)62-58-54-50-46-42-38-34-20-18-16-14-12-10-8-6-4-2/h20,34,65-66,70-71H,3-19,21-33,35-64H2,1-2H3,(H,69,72)/b34-20-. The van der Waals surface area contributed by atoms with E-state index in [1.165, 1.54) is 308 Å². The number of hydrogen-bond acceptors (Lipinski definition) is 5. The minimum Gasteiger partial charge on any atom is -0.466 e. The normalized spacial score (nSPS) is 12.5. The van der Waals surface area contributed by atoms with Gasteiger partial charge in [-0.25, -0.2) is 0 Å². The Morgan fingerprint density at radius 1 is 0.365 bits per heavy atom. The van der Waals surface area contributed by atoms with Crippen molar-refractivity contribution in [1.82, 2.24) is 5.32 Å². The molecule has 0 rings (SSSR count). The molecule has 0 aromatic rings. The predicted molar refractivity (Wildman–Crippen MR) is 324 cm³/mol. The van der Waals surface area contributed by atoms with E-state index in [0.29, 0.717) is 25.9 Å². The Kier molecular flexibility index (Phi) is 62.9. The predicted octanol–water partition coefficient (Wildman–Crippen LogP) is 21.6. The maximum absolute atomic E-state index is 12.5. The smallest absolute Gasteiger partial charge is 0.305 e. The topological polar surface area (TPSA) is 95.9 Å². The van der Waals surface area contributed by atoms with Gasteiger partial charge in [0.2, 0.25) is 5.91 Å². The van der Waals surface area contributed by atoms with Gasteiger partial charge in [-0.15, -0.1) is 0 Å². The van der Waals surface area contributed by atoms with E-state index in [4.69, 9.17) is 4.74 Å². The van der Waals surface area contributed by atoms with Gasteiger partial charge >= 0.3 is 5.97 Å². The third-order valence-electron chi connectivity index (χ3n) is 16.1. The van der Waals surface area contributed by atoms with Crippen LogP contribution in [0.4, 0.5) is 0 Å². The molecule has 6 heteroatoms. The summed E-state index contributed by atoms with van der Waals surface area (Å²) < 4.78 is 5.49. The molecule has 0 saturated carbocycles. The van der Waals surface area contributed by atoms with Crippen LogP contribution in [-0.2, 0) is 14.3 Å². The van der Waals surface area contributed by atoms with Crippen LogP contribution in [-0.4, -0.2) is 47.4 Å². The molecule has 6 nitrogen and oxygen atoms in total. The number of carbonyl (C=O) groups excluding carboxylic acids is 2. The molecule has 0 aromatic heterocycles. The van der Waals surface area contributed by atoms with Gasteiger partial charge < -0.3 is 20.3 Å². The number of esters is 1. The van der Waals surface area contributed by atoms with Gasteiger partial charge in [-0.3, -0.25) is 9.59 Å². The van der Waals surface area contributed by atoms with E-state index in [-0.39, 0.29) is 18.5 Å². The summed E-state index contributed by atoms with van der Waals surface area (Å²) in [5.74, 6) is -0.0224. The Morgan fingerprint density at radius 3 is 0.959 bits per heavy atom. The Balaban J connectivity index is 3.36. The van der Waals surface area contributed by atoms with Crippen LogP contribution in [0.2, 0.25) is 0 Å². The van der Waals surface area contributed by atoms with Crippen LogP contribution >= 0.6 is 0 Å². The minimum atomic E-state index is -0.664. The lowest BCUT2D eigenvalue weighted by Crippen LogP contribution is -2.45. The zero-order valence-electron chi connectivity index (χ0n) is 50.4. The largest absolute Gasteiger partial charge is 0.466 e. The molecule has 2 atom stereocenters. The molecule has 0 aliphatic carbocycles. The monoisotopic (exact) mass is 1040 g/mol. The number of aliphatic hydroxyl groups is 2. The molecule has 1 amide bonds. The summed E-state index contributed by atoms with van der Waals surface area (Å²) >= 11 is 0. The first-order valence-corrected chi connectivity index (χ1v) is 33.9.